The number of hydrogen-bond acceptors (Lipinski definition) is 5. The summed E-state index contributed by atoms with van der Waals surface area (Å²) in [6, 6.07) is 20.3. The average Bonchev–Trinajstić information content (AvgIpc) is 3.05. The van der Waals surface area contributed by atoms with Crippen molar-refractivity contribution in [3.8, 4) is 11.6 Å². The zero-order valence-electron chi connectivity index (χ0n) is 17.2. The summed E-state index contributed by atoms with van der Waals surface area (Å²) >= 11 is 0. The summed E-state index contributed by atoms with van der Waals surface area (Å²) in [6.07, 6.45) is 0. The van der Waals surface area contributed by atoms with Gasteiger partial charge < -0.3 is 20.1 Å². The summed E-state index contributed by atoms with van der Waals surface area (Å²) in [5.41, 5.74) is 2.34. The largest absolute Gasteiger partial charge is 0.507 e. The van der Waals surface area contributed by atoms with Crippen LogP contribution in [0.15, 0.2) is 83.0 Å². The molecule has 1 heterocycles. The third-order valence-corrected chi connectivity index (χ3v) is 4.93. The Labute approximate surface area is 183 Å². The number of phenols is 1. The maximum Gasteiger partial charge on any atom is 0.299 e. The Morgan fingerprint density at radius 3 is 2.38 bits per heavy atom. The molecule has 0 saturated carbocycles. The molecule has 0 atom stereocenters. The SMILES string of the molecule is Cc1ccc(NC(=O)Cn2c(O)c(N=NC(=O)c3ccccc3O)c3ccccc32)cc1. The van der Waals surface area contributed by atoms with Crippen molar-refractivity contribution in [2.45, 2.75) is 13.5 Å². The third-order valence-electron chi connectivity index (χ3n) is 4.93. The van der Waals surface area contributed by atoms with Crippen molar-refractivity contribution in [1.82, 2.24) is 4.57 Å². The van der Waals surface area contributed by atoms with E-state index in [0.29, 0.717) is 16.6 Å². The van der Waals surface area contributed by atoms with E-state index in [1.54, 1.807) is 48.5 Å². The zero-order chi connectivity index (χ0) is 22.7. The van der Waals surface area contributed by atoms with Gasteiger partial charge in [-0.3, -0.25) is 9.59 Å². The van der Waals surface area contributed by atoms with E-state index in [4.69, 9.17) is 0 Å². The summed E-state index contributed by atoms with van der Waals surface area (Å²) in [5.74, 6) is -1.59. The van der Waals surface area contributed by atoms with E-state index >= 15 is 0 Å². The number of carbonyl (C=O) groups is 2. The van der Waals surface area contributed by atoms with E-state index in [1.807, 2.05) is 19.1 Å². The second-order valence-corrected chi connectivity index (χ2v) is 7.21. The minimum atomic E-state index is -0.753. The molecule has 3 N–H and O–H groups in total. The number of carbonyl (C=O) groups excluding carboxylic acids is 2. The van der Waals surface area contributed by atoms with Crippen LogP contribution in [0.4, 0.5) is 11.4 Å². The Kier molecular flexibility index (Phi) is 5.67. The number of aryl methyl sites for hydroxylation is 1. The van der Waals surface area contributed by atoms with Crippen molar-refractivity contribution in [3.05, 3.63) is 83.9 Å². The molecule has 0 fully saturated rings. The molecule has 2 amide bonds. The van der Waals surface area contributed by atoms with E-state index in [0.717, 1.165) is 5.56 Å². The molecule has 0 aliphatic rings. The second-order valence-electron chi connectivity index (χ2n) is 7.21. The number of benzene rings is 3. The Morgan fingerprint density at radius 1 is 0.938 bits per heavy atom. The minimum Gasteiger partial charge on any atom is -0.507 e. The molecule has 160 valence electrons. The Hall–Kier alpha value is -4.46. The summed E-state index contributed by atoms with van der Waals surface area (Å²) in [6.45, 7) is 1.79. The lowest BCUT2D eigenvalue weighted by molar-refractivity contribution is -0.116. The number of anilines is 1. The van der Waals surface area contributed by atoms with Gasteiger partial charge in [-0.15, -0.1) is 10.2 Å². The fourth-order valence-electron chi connectivity index (χ4n) is 3.32. The fraction of sp³-hybridized carbons (Fsp3) is 0.0833. The minimum absolute atomic E-state index is 0.00282. The smallest absolute Gasteiger partial charge is 0.299 e. The molecule has 0 spiro atoms. The molecule has 8 nitrogen and oxygen atoms in total. The number of azo groups is 1. The average molecular weight is 428 g/mol. The number of para-hydroxylation sites is 2. The molecule has 8 heteroatoms. The van der Waals surface area contributed by atoms with Crippen LogP contribution in [0.2, 0.25) is 0 Å². The number of aromatic hydroxyl groups is 2. The predicted molar refractivity (Wildman–Crippen MR) is 120 cm³/mol. The number of amides is 2. The van der Waals surface area contributed by atoms with Gasteiger partial charge in [0.2, 0.25) is 11.8 Å². The van der Waals surface area contributed by atoms with Gasteiger partial charge in [0, 0.05) is 11.1 Å². The van der Waals surface area contributed by atoms with Gasteiger partial charge >= 0.3 is 0 Å². The number of fused-ring (bicyclic) bond motifs is 1. The number of nitrogens with one attached hydrogen (secondary N) is 1. The van der Waals surface area contributed by atoms with E-state index in [2.05, 4.69) is 15.5 Å². The van der Waals surface area contributed by atoms with Gasteiger partial charge in [-0.1, -0.05) is 48.0 Å². The molecule has 0 saturated heterocycles. The molecule has 0 aliphatic heterocycles. The van der Waals surface area contributed by atoms with Crippen molar-refractivity contribution >= 4 is 34.1 Å². The molecule has 0 unspecified atom stereocenters. The summed E-state index contributed by atoms with van der Waals surface area (Å²) in [7, 11) is 0. The quantitative estimate of drug-likeness (QED) is 0.391. The van der Waals surface area contributed by atoms with Crippen LogP contribution in [-0.2, 0) is 11.3 Å². The molecule has 0 radical (unpaired) electrons. The maximum atomic E-state index is 12.6. The highest BCUT2D eigenvalue weighted by Gasteiger charge is 2.19. The van der Waals surface area contributed by atoms with Gasteiger partial charge in [0.1, 0.15) is 12.3 Å². The van der Waals surface area contributed by atoms with Crippen LogP contribution < -0.4 is 5.32 Å². The lowest BCUT2D eigenvalue weighted by Crippen LogP contribution is -2.18. The molecule has 0 aliphatic carbocycles. The molecule has 0 bridgehead atoms. The Morgan fingerprint density at radius 2 is 1.62 bits per heavy atom. The normalized spacial score (nSPS) is 11.2. The monoisotopic (exact) mass is 428 g/mol. The number of phenolic OH excluding ortho intramolecular Hbond substituents is 1. The Balaban J connectivity index is 1.63. The molecule has 32 heavy (non-hydrogen) atoms. The van der Waals surface area contributed by atoms with Crippen LogP contribution in [0.1, 0.15) is 15.9 Å². The second kappa shape index (κ2) is 8.73. The maximum absolute atomic E-state index is 12.6. The highest BCUT2D eigenvalue weighted by atomic mass is 16.3. The van der Waals surface area contributed by atoms with Gasteiger partial charge in [-0.05, 0) is 37.3 Å². The van der Waals surface area contributed by atoms with Gasteiger partial charge in [0.05, 0.1) is 11.1 Å². The first kappa shape index (κ1) is 20.8. The van der Waals surface area contributed by atoms with Gasteiger partial charge in [-0.2, -0.15) is 0 Å². The van der Waals surface area contributed by atoms with Crippen LogP contribution in [0.5, 0.6) is 11.6 Å². The molecule has 4 aromatic rings. The van der Waals surface area contributed by atoms with Gasteiger partial charge in [0.15, 0.2) is 5.69 Å². The molecule has 4 rings (SSSR count). The number of aromatic nitrogens is 1. The first-order valence-electron chi connectivity index (χ1n) is 9.85. The number of hydrogen-bond donors (Lipinski definition) is 3. The standard InChI is InChI=1S/C24H20N4O4/c1-15-10-12-16(13-11-15)25-21(30)14-28-19-8-4-2-6-17(19)22(24(28)32)26-27-23(31)18-7-3-5-9-20(18)29/h2-13,29,32H,14H2,1H3,(H,25,30). The predicted octanol–water partition coefficient (Wildman–Crippen LogP) is 4.92. The van der Waals surface area contributed by atoms with Gasteiger partial charge in [-0.25, -0.2) is 0 Å². The first-order valence-corrected chi connectivity index (χ1v) is 9.85. The number of rotatable bonds is 5. The molecule has 1 aromatic heterocycles. The van der Waals surface area contributed by atoms with Crippen molar-refractivity contribution in [2.24, 2.45) is 10.2 Å². The van der Waals surface area contributed by atoms with Crippen molar-refractivity contribution < 1.29 is 19.8 Å². The summed E-state index contributed by atoms with van der Waals surface area (Å²) < 4.78 is 1.40. The van der Waals surface area contributed by atoms with E-state index in [9.17, 15) is 19.8 Å². The van der Waals surface area contributed by atoms with Crippen LogP contribution in [0.3, 0.4) is 0 Å². The Bertz CT molecular complexity index is 1340. The fourth-order valence-corrected chi connectivity index (χ4v) is 3.32. The topological polar surface area (TPSA) is 116 Å². The van der Waals surface area contributed by atoms with Crippen LogP contribution in [0, 0.1) is 6.92 Å². The third kappa shape index (κ3) is 4.20. The summed E-state index contributed by atoms with van der Waals surface area (Å²) in [4.78, 5) is 24.9. The first-order chi connectivity index (χ1) is 15.4. The van der Waals surface area contributed by atoms with Crippen molar-refractivity contribution in [1.29, 1.82) is 0 Å². The van der Waals surface area contributed by atoms with Crippen molar-refractivity contribution in [3.63, 3.8) is 0 Å². The molecular weight excluding hydrogens is 408 g/mol. The zero-order valence-corrected chi connectivity index (χ0v) is 17.2. The molecule has 3 aromatic carbocycles. The van der Waals surface area contributed by atoms with E-state index in [1.165, 1.54) is 16.7 Å². The lowest BCUT2D eigenvalue weighted by Gasteiger charge is -2.08. The highest BCUT2D eigenvalue weighted by molar-refractivity contribution is 5.99. The van der Waals surface area contributed by atoms with Crippen molar-refractivity contribution in [2.75, 3.05) is 5.32 Å². The number of nitrogens with zero attached hydrogens (tertiary/aromatic N) is 3. The van der Waals surface area contributed by atoms with E-state index in [-0.39, 0.29) is 35.3 Å². The van der Waals surface area contributed by atoms with Crippen LogP contribution in [-0.4, -0.2) is 26.6 Å². The van der Waals surface area contributed by atoms with Crippen LogP contribution >= 0.6 is 0 Å². The highest BCUT2D eigenvalue weighted by Crippen LogP contribution is 2.39. The summed E-state index contributed by atoms with van der Waals surface area (Å²) in [5, 5.41) is 31.5. The molecular formula is C24H20N4O4. The van der Waals surface area contributed by atoms with Crippen LogP contribution in [0.25, 0.3) is 10.9 Å². The van der Waals surface area contributed by atoms with E-state index < -0.39 is 5.91 Å². The van der Waals surface area contributed by atoms with Gasteiger partial charge in [0.25, 0.3) is 5.91 Å². The lowest BCUT2D eigenvalue weighted by atomic mass is 10.2.